The molecule has 1 aromatic heterocycles. The highest BCUT2D eigenvalue weighted by Crippen LogP contribution is 2.26. The number of hydrogen-bond acceptors (Lipinski definition) is 5. The Balaban J connectivity index is 2.13. The van der Waals surface area contributed by atoms with E-state index >= 15 is 0 Å². The molecule has 7 nitrogen and oxygen atoms in total. The maximum Gasteiger partial charge on any atom is 0.287 e. The van der Waals surface area contributed by atoms with Gasteiger partial charge in [0.2, 0.25) is 0 Å². The molecular formula is C14H15N3O4. The van der Waals surface area contributed by atoms with E-state index in [1.54, 1.807) is 25.1 Å². The minimum atomic E-state index is -0.544. The molecule has 7 heteroatoms. The van der Waals surface area contributed by atoms with E-state index in [4.69, 9.17) is 4.74 Å². The van der Waals surface area contributed by atoms with Gasteiger partial charge in [-0.05, 0) is 12.1 Å². The number of para-hydroxylation sites is 2. The molecule has 0 radical (unpaired) electrons. The maximum atomic E-state index is 12.1. The average Bonchev–Trinajstić information content (AvgIpc) is 2.97. The fraction of sp³-hybridized carbons (Fsp3) is 0.214. The van der Waals surface area contributed by atoms with Crippen LogP contribution in [0.1, 0.15) is 10.5 Å². The quantitative estimate of drug-likeness (QED) is 0.500. The Morgan fingerprint density at radius 2 is 2.14 bits per heavy atom. The molecule has 0 fully saturated rings. The molecule has 1 N–H and O–H groups in total. The monoisotopic (exact) mass is 289 g/mol. The lowest BCUT2D eigenvalue weighted by molar-refractivity contribution is -0.384. The van der Waals surface area contributed by atoms with Crippen LogP contribution in [0.2, 0.25) is 0 Å². The summed E-state index contributed by atoms with van der Waals surface area (Å²) in [6.45, 7) is 0.0814. The van der Waals surface area contributed by atoms with Gasteiger partial charge in [0.05, 0.1) is 36.2 Å². The number of nitro groups is 1. The summed E-state index contributed by atoms with van der Waals surface area (Å²) >= 11 is 0. The number of Topliss-reactive ketones (excluding diaryl/α,β-unsaturated/α-hetero) is 1. The van der Waals surface area contributed by atoms with Gasteiger partial charge in [-0.2, -0.15) is 0 Å². The third-order valence-corrected chi connectivity index (χ3v) is 3.06. The van der Waals surface area contributed by atoms with E-state index in [1.807, 2.05) is 18.2 Å². The summed E-state index contributed by atoms with van der Waals surface area (Å²) in [5.41, 5.74) is 0.858. The SMILES string of the molecule is COc1ccccc1N(C)CC(=O)c1cc([N+](=O)[O-])c[nH]1. The van der Waals surface area contributed by atoms with Crippen LogP contribution in [0.15, 0.2) is 36.5 Å². The molecule has 1 aromatic carbocycles. The molecule has 0 saturated carbocycles. The number of nitrogens with zero attached hydrogens (tertiary/aromatic N) is 2. The number of anilines is 1. The molecule has 0 aliphatic rings. The zero-order valence-corrected chi connectivity index (χ0v) is 11.7. The van der Waals surface area contributed by atoms with E-state index < -0.39 is 4.92 Å². The van der Waals surface area contributed by atoms with Gasteiger partial charge in [-0.1, -0.05) is 12.1 Å². The number of carbonyl (C=O) groups excluding carboxylic acids is 1. The third-order valence-electron chi connectivity index (χ3n) is 3.06. The lowest BCUT2D eigenvalue weighted by Gasteiger charge is -2.20. The van der Waals surface area contributed by atoms with Crippen LogP contribution in [0, 0.1) is 10.1 Å². The summed E-state index contributed by atoms with van der Waals surface area (Å²) in [5, 5.41) is 10.6. The molecule has 0 bridgehead atoms. The molecule has 0 amide bonds. The molecule has 0 aliphatic carbocycles. The van der Waals surface area contributed by atoms with E-state index in [-0.39, 0.29) is 23.7 Å². The summed E-state index contributed by atoms with van der Waals surface area (Å²) in [5.74, 6) is 0.418. The van der Waals surface area contributed by atoms with Gasteiger partial charge in [-0.3, -0.25) is 14.9 Å². The largest absolute Gasteiger partial charge is 0.495 e. The number of likely N-dealkylation sites (N-methyl/N-ethyl adjacent to an activating group) is 1. The molecule has 0 atom stereocenters. The van der Waals surface area contributed by atoms with Crippen molar-refractivity contribution in [2.45, 2.75) is 0 Å². The van der Waals surface area contributed by atoms with Crippen LogP contribution >= 0.6 is 0 Å². The van der Waals surface area contributed by atoms with E-state index in [9.17, 15) is 14.9 Å². The van der Waals surface area contributed by atoms with E-state index in [2.05, 4.69) is 4.98 Å². The summed E-state index contributed by atoms with van der Waals surface area (Å²) in [6.07, 6.45) is 1.20. The number of nitrogens with one attached hydrogen (secondary N) is 1. The van der Waals surface area contributed by atoms with Gasteiger partial charge >= 0.3 is 0 Å². The Hall–Kier alpha value is -2.83. The zero-order valence-electron chi connectivity index (χ0n) is 11.7. The topological polar surface area (TPSA) is 88.5 Å². The summed E-state index contributed by atoms with van der Waals surface area (Å²) in [6, 6.07) is 8.56. The Bertz CT molecular complexity index is 666. The molecule has 1 heterocycles. The predicted molar refractivity (Wildman–Crippen MR) is 78.0 cm³/mol. The number of aromatic nitrogens is 1. The first-order chi connectivity index (χ1) is 10.0. The maximum absolute atomic E-state index is 12.1. The van der Waals surface area contributed by atoms with Gasteiger partial charge < -0.3 is 14.6 Å². The van der Waals surface area contributed by atoms with E-state index in [1.165, 1.54) is 12.3 Å². The summed E-state index contributed by atoms with van der Waals surface area (Å²) in [4.78, 5) is 26.5. The number of benzene rings is 1. The second-order valence-corrected chi connectivity index (χ2v) is 4.48. The van der Waals surface area contributed by atoms with Crippen molar-refractivity contribution >= 4 is 17.2 Å². The van der Waals surface area contributed by atoms with Gasteiger partial charge in [0, 0.05) is 13.1 Å². The van der Waals surface area contributed by atoms with Crippen molar-refractivity contribution in [1.29, 1.82) is 0 Å². The minimum absolute atomic E-state index is 0.0814. The molecule has 2 aromatic rings. The Labute approximate surface area is 121 Å². The van der Waals surface area contributed by atoms with Crippen molar-refractivity contribution in [2.24, 2.45) is 0 Å². The molecule has 2 rings (SSSR count). The van der Waals surface area contributed by atoms with Crippen LogP contribution < -0.4 is 9.64 Å². The van der Waals surface area contributed by atoms with Crippen LogP contribution in [0.4, 0.5) is 11.4 Å². The smallest absolute Gasteiger partial charge is 0.287 e. The average molecular weight is 289 g/mol. The second-order valence-electron chi connectivity index (χ2n) is 4.48. The zero-order chi connectivity index (χ0) is 15.4. The van der Waals surface area contributed by atoms with Gasteiger partial charge in [0.1, 0.15) is 5.75 Å². The number of aromatic amines is 1. The highest BCUT2D eigenvalue weighted by molar-refractivity contribution is 5.98. The van der Waals surface area contributed by atoms with Crippen molar-refractivity contribution in [1.82, 2.24) is 4.98 Å². The molecular weight excluding hydrogens is 274 g/mol. The molecule has 0 saturated heterocycles. The highest BCUT2D eigenvalue weighted by Gasteiger charge is 2.17. The standard InChI is InChI=1S/C14H15N3O4/c1-16(12-5-3-4-6-14(12)21-2)9-13(18)11-7-10(8-15-11)17(19)20/h3-8,15H,9H2,1-2H3. The normalized spacial score (nSPS) is 10.2. The van der Waals surface area contributed by atoms with Crippen molar-refractivity contribution in [3.05, 3.63) is 52.3 Å². The van der Waals surface area contributed by atoms with Gasteiger partial charge in [-0.15, -0.1) is 0 Å². The first-order valence-electron chi connectivity index (χ1n) is 6.23. The van der Waals surface area contributed by atoms with Crippen LogP contribution in [-0.4, -0.2) is 36.4 Å². The van der Waals surface area contributed by atoms with Crippen LogP contribution in [0.25, 0.3) is 0 Å². The molecule has 0 spiro atoms. The Morgan fingerprint density at radius 3 is 2.76 bits per heavy atom. The third kappa shape index (κ3) is 3.19. The van der Waals surface area contributed by atoms with E-state index in [0.717, 1.165) is 5.69 Å². The number of hydrogen-bond donors (Lipinski definition) is 1. The van der Waals surface area contributed by atoms with Crippen molar-refractivity contribution in [3.8, 4) is 5.75 Å². The lowest BCUT2D eigenvalue weighted by atomic mass is 10.2. The number of ketones is 1. The minimum Gasteiger partial charge on any atom is -0.495 e. The fourth-order valence-electron chi connectivity index (χ4n) is 1.98. The molecule has 110 valence electrons. The highest BCUT2D eigenvalue weighted by atomic mass is 16.6. The van der Waals surface area contributed by atoms with Crippen LogP contribution in [-0.2, 0) is 0 Å². The van der Waals surface area contributed by atoms with E-state index in [0.29, 0.717) is 5.75 Å². The van der Waals surface area contributed by atoms with Crippen molar-refractivity contribution in [2.75, 3.05) is 25.6 Å². The fourth-order valence-corrected chi connectivity index (χ4v) is 1.98. The molecule has 0 unspecified atom stereocenters. The molecule has 21 heavy (non-hydrogen) atoms. The lowest BCUT2D eigenvalue weighted by Crippen LogP contribution is -2.26. The summed E-state index contributed by atoms with van der Waals surface area (Å²) in [7, 11) is 3.32. The van der Waals surface area contributed by atoms with Gasteiger partial charge in [0.15, 0.2) is 5.78 Å². The van der Waals surface area contributed by atoms with Crippen molar-refractivity contribution in [3.63, 3.8) is 0 Å². The van der Waals surface area contributed by atoms with Crippen molar-refractivity contribution < 1.29 is 14.5 Å². The van der Waals surface area contributed by atoms with Crippen LogP contribution in [0.5, 0.6) is 5.75 Å². The Morgan fingerprint density at radius 1 is 1.43 bits per heavy atom. The molecule has 0 aliphatic heterocycles. The Kier molecular flexibility index (Phi) is 4.22. The first kappa shape index (κ1) is 14.6. The number of methoxy groups -OCH3 is 1. The van der Waals surface area contributed by atoms with Gasteiger partial charge in [-0.25, -0.2) is 0 Å². The number of H-pyrrole nitrogens is 1. The number of ether oxygens (including phenoxy) is 1. The predicted octanol–water partition coefficient (Wildman–Crippen LogP) is 2.25. The first-order valence-corrected chi connectivity index (χ1v) is 6.23. The number of rotatable bonds is 6. The number of carbonyl (C=O) groups is 1. The second kappa shape index (κ2) is 6.08. The van der Waals surface area contributed by atoms with Crippen LogP contribution in [0.3, 0.4) is 0 Å². The van der Waals surface area contributed by atoms with Gasteiger partial charge in [0.25, 0.3) is 5.69 Å². The summed E-state index contributed by atoms with van der Waals surface area (Å²) < 4.78 is 5.24.